The van der Waals surface area contributed by atoms with Crippen molar-refractivity contribution >= 4 is 11.6 Å². The van der Waals surface area contributed by atoms with Crippen LogP contribution in [0.25, 0.3) is 0 Å². The molecule has 0 unspecified atom stereocenters. The summed E-state index contributed by atoms with van der Waals surface area (Å²) in [5.41, 5.74) is 6.12. The zero-order chi connectivity index (χ0) is 12.5. The Morgan fingerprint density at radius 1 is 1.47 bits per heavy atom. The fourth-order valence-corrected chi connectivity index (χ4v) is 1.40. The summed E-state index contributed by atoms with van der Waals surface area (Å²) in [6.45, 7) is 3.02. The molecule has 17 heavy (non-hydrogen) atoms. The minimum absolute atomic E-state index is 0.0443. The zero-order valence-electron chi connectivity index (χ0n) is 10.2. The van der Waals surface area contributed by atoms with Gasteiger partial charge in [0.1, 0.15) is 12.4 Å². The molecule has 0 bridgehead atoms. The van der Waals surface area contributed by atoms with E-state index in [2.05, 4.69) is 12.2 Å². The van der Waals surface area contributed by atoms with Gasteiger partial charge in [0.05, 0.1) is 0 Å². The van der Waals surface area contributed by atoms with E-state index < -0.39 is 0 Å². The first-order valence-electron chi connectivity index (χ1n) is 5.99. The van der Waals surface area contributed by atoms with Gasteiger partial charge in [-0.3, -0.25) is 4.79 Å². The van der Waals surface area contributed by atoms with Crippen LogP contribution in [0.1, 0.15) is 26.2 Å². The van der Waals surface area contributed by atoms with E-state index in [0.717, 1.165) is 24.3 Å². The molecule has 1 amide bonds. The number of amides is 1. The predicted molar refractivity (Wildman–Crippen MR) is 69.1 cm³/mol. The molecule has 0 saturated heterocycles. The number of carbonyl (C=O) groups is 1. The highest BCUT2D eigenvalue weighted by molar-refractivity contribution is 5.90. The topological polar surface area (TPSA) is 64.3 Å². The number of carbonyl (C=O) groups excluding carboxylic acids is 1. The Balaban J connectivity index is 2.50. The van der Waals surface area contributed by atoms with E-state index in [-0.39, 0.29) is 5.91 Å². The van der Waals surface area contributed by atoms with E-state index in [0.29, 0.717) is 19.6 Å². The summed E-state index contributed by atoms with van der Waals surface area (Å²) < 4.78 is 5.38. The van der Waals surface area contributed by atoms with Crippen molar-refractivity contribution in [1.82, 2.24) is 0 Å². The number of hydrogen-bond donors (Lipinski definition) is 2. The van der Waals surface area contributed by atoms with Gasteiger partial charge in [0.25, 0.3) is 0 Å². The van der Waals surface area contributed by atoms with Gasteiger partial charge in [-0.15, -0.1) is 0 Å². The van der Waals surface area contributed by atoms with Gasteiger partial charge in [0, 0.05) is 24.7 Å². The van der Waals surface area contributed by atoms with E-state index in [1.54, 1.807) is 6.07 Å². The Labute approximate surface area is 102 Å². The normalized spacial score (nSPS) is 10.0. The molecule has 0 aliphatic heterocycles. The fraction of sp³-hybridized carbons (Fsp3) is 0.462. The summed E-state index contributed by atoms with van der Waals surface area (Å²) in [7, 11) is 0. The number of nitrogens with two attached hydrogens (primary N) is 1. The van der Waals surface area contributed by atoms with Crippen LogP contribution in [0.4, 0.5) is 5.69 Å². The number of unbranched alkanes of at least 4 members (excludes halogenated alkanes) is 1. The highest BCUT2D eigenvalue weighted by atomic mass is 16.5. The molecule has 0 fully saturated rings. The summed E-state index contributed by atoms with van der Waals surface area (Å²) in [5, 5.41) is 2.84. The first kappa shape index (κ1) is 13.5. The van der Waals surface area contributed by atoms with Gasteiger partial charge < -0.3 is 15.8 Å². The minimum atomic E-state index is 0.0443. The Morgan fingerprint density at radius 3 is 3.00 bits per heavy atom. The Bertz CT molecular complexity index is 353. The maximum Gasteiger partial charge on any atom is 0.224 e. The van der Waals surface area contributed by atoms with Crippen LogP contribution in [-0.2, 0) is 4.79 Å². The quantitative estimate of drug-likeness (QED) is 0.762. The lowest BCUT2D eigenvalue weighted by Crippen LogP contribution is -2.12. The van der Waals surface area contributed by atoms with Gasteiger partial charge in [0.15, 0.2) is 0 Å². The smallest absolute Gasteiger partial charge is 0.224 e. The standard InChI is InChI=1S/C13H20N2O2/c1-2-3-7-13(16)15-11-5-4-6-12(10-11)17-9-8-14/h4-6,10H,2-3,7-9,14H2,1H3,(H,15,16). The molecule has 0 spiro atoms. The molecule has 0 heterocycles. The number of nitrogens with one attached hydrogen (secondary N) is 1. The van der Waals surface area contributed by atoms with Crippen LogP contribution >= 0.6 is 0 Å². The van der Waals surface area contributed by atoms with Crippen molar-refractivity contribution in [2.45, 2.75) is 26.2 Å². The molecule has 0 saturated carbocycles. The number of rotatable bonds is 7. The van der Waals surface area contributed by atoms with Crippen LogP contribution in [-0.4, -0.2) is 19.1 Å². The lowest BCUT2D eigenvalue weighted by molar-refractivity contribution is -0.116. The average molecular weight is 236 g/mol. The number of benzene rings is 1. The van der Waals surface area contributed by atoms with Gasteiger partial charge in [-0.25, -0.2) is 0 Å². The maximum absolute atomic E-state index is 11.5. The summed E-state index contributed by atoms with van der Waals surface area (Å²) >= 11 is 0. The minimum Gasteiger partial charge on any atom is -0.492 e. The average Bonchev–Trinajstić information content (AvgIpc) is 2.34. The van der Waals surface area contributed by atoms with Crippen LogP contribution in [0.3, 0.4) is 0 Å². The van der Waals surface area contributed by atoms with Crippen LogP contribution in [0, 0.1) is 0 Å². The number of hydrogen-bond acceptors (Lipinski definition) is 3. The van der Waals surface area contributed by atoms with Gasteiger partial charge in [-0.05, 0) is 18.6 Å². The molecule has 0 aliphatic carbocycles. The Morgan fingerprint density at radius 2 is 2.29 bits per heavy atom. The summed E-state index contributed by atoms with van der Waals surface area (Å²) in [6, 6.07) is 7.34. The molecule has 3 N–H and O–H groups in total. The third-order valence-corrected chi connectivity index (χ3v) is 2.26. The number of ether oxygens (including phenoxy) is 1. The SMILES string of the molecule is CCCCC(=O)Nc1cccc(OCCN)c1. The largest absolute Gasteiger partial charge is 0.492 e. The first-order valence-corrected chi connectivity index (χ1v) is 5.99. The highest BCUT2D eigenvalue weighted by Crippen LogP contribution is 2.17. The second-order valence-electron chi connectivity index (χ2n) is 3.82. The summed E-state index contributed by atoms with van der Waals surface area (Å²) in [5.74, 6) is 0.770. The lowest BCUT2D eigenvalue weighted by atomic mass is 10.2. The van der Waals surface area contributed by atoms with Gasteiger partial charge >= 0.3 is 0 Å². The van der Waals surface area contributed by atoms with Crippen LogP contribution in [0.2, 0.25) is 0 Å². The molecule has 0 aliphatic rings. The molecule has 4 nitrogen and oxygen atoms in total. The molecule has 1 aromatic carbocycles. The summed E-state index contributed by atoms with van der Waals surface area (Å²) in [6.07, 6.45) is 2.49. The van der Waals surface area contributed by atoms with Crippen molar-refractivity contribution in [3.05, 3.63) is 24.3 Å². The molecule has 0 radical (unpaired) electrons. The predicted octanol–water partition coefficient (Wildman–Crippen LogP) is 2.15. The van der Waals surface area contributed by atoms with Gasteiger partial charge in [0.2, 0.25) is 5.91 Å². The van der Waals surface area contributed by atoms with E-state index in [1.165, 1.54) is 0 Å². The molecular formula is C13H20N2O2. The van der Waals surface area contributed by atoms with Crippen molar-refractivity contribution in [3.63, 3.8) is 0 Å². The van der Waals surface area contributed by atoms with E-state index in [4.69, 9.17) is 10.5 Å². The second kappa shape index (κ2) is 7.68. The Kier molecular flexibility index (Phi) is 6.10. The Hall–Kier alpha value is -1.55. The van der Waals surface area contributed by atoms with Crippen LogP contribution < -0.4 is 15.8 Å². The van der Waals surface area contributed by atoms with Crippen molar-refractivity contribution in [3.8, 4) is 5.75 Å². The molecular weight excluding hydrogens is 216 g/mol. The van der Waals surface area contributed by atoms with E-state index in [1.807, 2.05) is 18.2 Å². The van der Waals surface area contributed by atoms with Gasteiger partial charge in [-0.2, -0.15) is 0 Å². The van der Waals surface area contributed by atoms with Crippen molar-refractivity contribution in [1.29, 1.82) is 0 Å². The molecule has 94 valence electrons. The molecule has 1 rings (SSSR count). The third kappa shape index (κ3) is 5.36. The maximum atomic E-state index is 11.5. The summed E-state index contributed by atoms with van der Waals surface area (Å²) in [4.78, 5) is 11.5. The van der Waals surface area contributed by atoms with E-state index >= 15 is 0 Å². The van der Waals surface area contributed by atoms with Gasteiger partial charge in [-0.1, -0.05) is 19.4 Å². The fourth-order valence-electron chi connectivity index (χ4n) is 1.40. The second-order valence-corrected chi connectivity index (χ2v) is 3.82. The molecule has 4 heteroatoms. The lowest BCUT2D eigenvalue weighted by Gasteiger charge is -2.08. The third-order valence-electron chi connectivity index (χ3n) is 2.26. The molecule has 0 aromatic heterocycles. The van der Waals surface area contributed by atoms with Crippen molar-refractivity contribution < 1.29 is 9.53 Å². The van der Waals surface area contributed by atoms with E-state index in [9.17, 15) is 4.79 Å². The van der Waals surface area contributed by atoms with Crippen LogP contribution in [0.5, 0.6) is 5.75 Å². The molecule has 1 aromatic rings. The van der Waals surface area contributed by atoms with Crippen molar-refractivity contribution in [2.24, 2.45) is 5.73 Å². The van der Waals surface area contributed by atoms with Crippen LogP contribution in [0.15, 0.2) is 24.3 Å². The first-order chi connectivity index (χ1) is 8.26. The van der Waals surface area contributed by atoms with Crippen molar-refractivity contribution in [2.75, 3.05) is 18.5 Å². The highest BCUT2D eigenvalue weighted by Gasteiger charge is 2.02. The molecule has 0 atom stereocenters. The zero-order valence-corrected chi connectivity index (χ0v) is 10.2. The monoisotopic (exact) mass is 236 g/mol. The number of anilines is 1.